The zero-order valence-corrected chi connectivity index (χ0v) is 9.19. The van der Waals surface area contributed by atoms with Crippen molar-refractivity contribution in [2.45, 2.75) is 12.8 Å². The Labute approximate surface area is 90.7 Å². The van der Waals surface area contributed by atoms with Crippen molar-refractivity contribution in [2.75, 3.05) is 31.6 Å². The molecule has 1 aromatic rings. The van der Waals surface area contributed by atoms with Crippen molar-refractivity contribution in [2.24, 2.45) is 5.92 Å². The van der Waals surface area contributed by atoms with E-state index in [0.29, 0.717) is 0 Å². The number of rotatable bonds is 3. The molecule has 0 bridgehead atoms. The van der Waals surface area contributed by atoms with Crippen LogP contribution >= 0.6 is 0 Å². The lowest BCUT2D eigenvalue weighted by atomic mass is 9.98. The van der Waals surface area contributed by atoms with E-state index in [1.54, 1.807) is 6.33 Å². The van der Waals surface area contributed by atoms with Gasteiger partial charge in [-0.05, 0) is 38.4 Å². The number of aromatic nitrogens is 2. The van der Waals surface area contributed by atoms with Gasteiger partial charge in [0.25, 0.3) is 0 Å². The van der Waals surface area contributed by atoms with Crippen LogP contribution < -0.4 is 10.2 Å². The first-order chi connectivity index (χ1) is 7.40. The summed E-state index contributed by atoms with van der Waals surface area (Å²) in [6.07, 6.45) is 6.01. The highest BCUT2D eigenvalue weighted by Gasteiger charge is 2.19. The molecule has 0 saturated carbocycles. The minimum atomic E-state index is 0.749. The SMILES string of the molecule is CNCC1CCCN(c2ccncn2)C1. The molecule has 15 heavy (non-hydrogen) atoms. The van der Waals surface area contributed by atoms with Gasteiger partial charge in [-0.25, -0.2) is 9.97 Å². The minimum absolute atomic E-state index is 0.749. The highest BCUT2D eigenvalue weighted by molar-refractivity contribution is 5.36. The third-order valence-electron chi connectivity index (χ3n) is 2.90. The third kappa shape index (κ3) is 2.65. The van der Waals surface area contributed by atoms with E-state index >= 15 is 0 Å². The third-order valence-corrected chi connectivity index (χ3v) is 2.90. The van der Waals surface area contributed by atoms with E-state index in [1.165, 1.54) is 12.8 Å². The molecule has 4 nitrogen and oxygen atoms in total. The summed E-state index contributed by atoms with van der Waals surface area (Å²) in [7, 11) is 2.02. The van der Waals surface area contributed by atoms with Gasteiger partial charge in [-0.15, -0.1) is 0 Å². The fourth-order valence-electron chi connectivity index (χ4n) is 2.20. The standard InChI is InChI=1S/C11H18N4/c1-12-7-10-3-2-6-15(8-10)11-4-5-13-9-14-11/h4-5,9-10,12H,2-3,6-8H2,1H3. The van der Waals surface area contributed by atoms with Crippen molar-refractivity contribution in [3.8, 4) is 0 Å². The van der Waals surface area contributed by atoms with Crippen molar-refractivity contribution in [1.82, 2.24) is 15.3 Å². The molecule has 82 valence electrons. The summed E-state index contributed by atoms with van der Waals surface area (Å²) in [5, 5.41) is 3.25. The van der Waals surface area contributed by atoms with Crippen molar-refractivity contribution < 1.29 is 0 Å². The van der Waals surface area contributed by atoms with Gasteiger partial charge in [0, 0.05) is 19.3 Å². The minimum Gasteiger partial charge on any atom is -0.356 e. The topological polar surface area (TPSA) is 41.0 Å². The first-order valence-corrected chi connectivity index (χ1v) is 5.55. The molecule has 0 amide bonds. The Bertz CT molecular complexity index is 286. The van der Waals surface area contributed by atoms with Gasteiger partial charge in [-0.3, -0.25) is 0 Å². The summed E-state index contributed by atoms with van der Waals surface area (Å²) in [5.74, 6) is 1.81. The first kappa shape index (κ1) is 10.4. The average molecular weight is 206 g/mol. The number of hydrogen-bond acceptors (Lipinski definition) is 4. The Morgan fingerprint density at radius 1 is 1.60 bits per heavy atom. The number of nitrogens with zero attached hydrogens (tertiary/aromatic N) is 3. The van der Waals surface area contributed by atoms with E-state index in [2.05, 4.69) is 20.2 Å². The van der Waals surface area contributed by atoms with Gasteiger partial charge in [-0.2, -0.15) is 0 Å². The Kier molecular flexibility index (Phi) is 3.50. The maximum Gasteiger partial charge on any atom is 0.131 e. The summed E-state index contributed by atoms with van der Waals surface area (Å²) in [6.45, 7) is 3.33. The molecule has 0 radical (unpaired) electrons. The molecule has 1 unspecified atom stereocenters. The molecule has 1 atom stereocenters. The van der Waals surface area contributed by atoms with Crippen molar-refractivity contribution in [1.29, 1.82) is 0 Å². The van der Waals surface area contributed by atoms with Gasteiger partial charge in [0.05, 0.1) is 0 Å². The second kappa shape index (κ2) is 5.07. The van der Waals surface area contributed by atoms with Crippen LogP contribution in [0.15, 0.2) is 18.6 Å². The largest absolute Gasteiger partial charge is 0.356 e. The Balaban J connectivity index is 1.98. The average Bonchev–Trinajstić information content (AvgIpc) is 2.31. The first-order valence-electron chi connectivity index (χ1n) is 5.55. The van der Waals surface area contributed by atoms with Crippen LogP contribution in [-0.4, -0.2) is 36.6 Å². The van der Waals surface area contributed by atoms with Crippen LogP contribution in [0.4, 0.5) is 5.82 Å². The number of anilines is 1. The summed E-state index contributed by atoms with van der Waals surface area (Å²) in [5.41, 5.74) is 0. The second-order valence-electron chi connectivity index (χ2n) is 4.08. The van der Waals surface area contributed by atoms with Gasteiger partial charge < -0.3 is 10.2 Å². The Morgan fingerprint density at radius 3 is 3.27 bits per heavy atom. The molecule has 1 aliphatic heterocycles. The predicted octanol–water partition coefficient (Wildman–Crippen LogP) is 0.912. The second-order valence-corrected chi connectivity index (χ2v) is 4.08. The Hall–Kier alpha value is -1.16. The van der Waals surface area contributed by atoms with E-state index in [9.17, 15) is 0 Å². The van der Waals surface area contributed by atoms with Crippen LogP contribution in [0.25, 0.3) is 0 Å². The van der Waals surface area contributed by atoms with Gasteiger partial charge >= 0.3 is 0 Å². The lowest BCUT2D eigenvalue weighted by molar-refractivity contribution is 0.401. The van der Waals surface area contributed by atoms with Gasteiger partial charge in [0.2, 0.25) is 0 Å². The Morgan fingerprint density at radius 2 is 2.53 bits per heavy atom. The van der Waals surface area contributed by atoms with Crippen LogP contribution in [0, 0.1) is 5.92 Å². The van der Waals surface area contributed by atoms with E-state index in [1.807, 2.05) is 19.3 Å². The molecular formula is C11H18N4. The monoisotopic (exact) mass is 206 g/mol. The normalized spacial score (nSPS) is 21.7. The molecule has 1 saturated heterocycles. The van der Waals surface area contributed by atoms with Crippen LogP contribution in [0.3, 0.4) is 0 Å². The number of hydrogen-bond donors (Lipinski definition) is 1. The van der Waals surface area contributed by atoms with Crippen LogP contribution in [-0.2, 0) is 0 Å². The number of nitrogens with one attached hydrogen (secondary N) is 1. The lowest BCUT2D eigenvalue weighted by Gasteiger charge is -2.33. The highest BCUT2D eigenvalue weighted by atomic mass is 15.2. The maximum atomic E-state index is 4.29. The van der Waals surface area contributed by atoms with E-state index in [-0.39, 0.29) is 0 Å². The van der Waals surface area contributed by atoms with E-state index < -0.39 is 0 Å². The predicted molar refractivity (Wildman–Crippen MR) is 60.9 cm³/mol. The van der Waals surface area contributed by atoms with Gasteiger partial charge in [-0.1, -0.05) is 0 Å². The molecule has 2 rings (SSSR count). The smallest absolute Gasteiger partial charge is 0.131 e. The molecule has 4 heteroatoms. The molecule has 0 aromatic carbocycles. The summed E-state index contributed by atoms with van der Waals surface area (Å²) < 4.78 is 0. The van der Waals surface area contributed by atoms with Crippen molar-refractivity contribution in [3.63, 3.8) is 0 Å². The quantitative estimate of drug-likeness (QED) is 0.798. The molecule has 1 N–H and O–H groups in total. The zero-order valence-electron chi connectivity index (χ0n) is 9.19. The molecular weight excluding hydrogens is 188 g/mol. The maximum absolute atomic E-state index is 4.29. The summed E-state index contributed by atoms with van der Waals surface area (Å²) in [4.78, 5) is 10.6. The van der Waals surface area contributed by atoms with Crippen LogP contribution in [0.2, 0.25) is 0 Å². The molecule has 2 heterocycles. The zero-order chi connectivity index (χ0) is 10.5. The lowest BCUT2D eigenvalue weighted by Crippen LogP contribution is -2.39. The van der Waals surface area contributed by atoms with E-state index in [0.717, 1.165) is 31.4 Å². The fourth-order valence-corrected chi connectivity index (χ4v) is 2.20. The van der Waals surface area contributed by atoms with Gasteiger partial charge in [0.1, 0.15) is 12.1 Å². The van der Waals surface area contributed by atoms with Crippen LogP contribution in [0.1, 0.15) is 12.8 Å². The molecule has 1 aliphatic rings. The molecule has 1 aromatic heterocycles. The summed E-state index contributed by atoms with van der Waals surface area (Å²) >= 11 is 0. The van der Waals surface area contributed by atoms with Crippen molar-refractivity contribution in [3.05, 3.63) is 18.6 Å². The molecule has 0 aliphatic carbocycles. The number of piperidine rings is 1. The summed E-state index contributed by atoms with van der Waals surface area (Å²) in [6, 6.07) is 1.99. The fraction of sp³-hybridized carbons (Fsp3) is 0.636. The van der Waals surface area contributed by atoms with E-state index in [4.69, 9.17) is 0 Å². The molecule has 1 fully saturated rings. The van der Waals surface area contributed by atoms with Crippen molar-refractivity contribution >= 4 is 5.82 Å². The van der Waals surface area contributed by atoms with Crippen LogP contribution in [0.5, 0.6) is 0 Å². The molecule has 0 spiro atoms. The van der Waals surface area contributed by atoms with Gasteiger partial charge in [0.15, 0.2) is 0 Å². The highest BCUT2D eigenvalue weighted by Crippen LogP contribution is 2.20.